The molecule has 1 heterocycles. The van der Waals surface area contributed by atoms with Crippen LogP contribution in [-0.4, -0.2) is 24.2 Å². The van der Waals surface area contributed by atoms with Crippen molar-refractivity contribution >= 4 is 12.4 Å². The molecule has 0 radical (unpaired) electrons. The molecule has 0 aliphatic heterocycles. The Kier molecular flexibility index (Phi) is 5.19. The second-order valence-electron chi connectivity index (χ2n) is 5.52. The third-order valence-electron chi connectivity index (χ3n) is 4.04. The Balaban J connectivity index is 0.00000192. The van der Waals surface area contributed by atoms with Crippen molar-refractivity contribution in [3.63, 3.8) is 0 Å². The van der Waals surface area contributed by atoms with Gasteiger partial charge in [0, 0.05) is 5.56 Å². The molecule has 0 saturated heterocycles. The van der Waals surface area contributed by atoms with Crippen LogP contribution in [0.15, 0.2) is 36.5 Å². The summed E-state index contributed by atoms with van der Waals surface area (Å²) in [5, 5.41) is 12.1. The van der Waals surface area contributed by atoms with Crippen molar-refractivity contribution in [1.82, 2.24) is 10.3 Å². The highest BCUT2D eigenvalue weighted by Crippen LogP contribution is 2.35. The summed E-state index contributed by atoms with van der Waals surface area (Å²) in [6.45, 7) is 0.545. The molecule has 1 aromatic carbocycles. The summed E-state index contributed by atoms with van der Waals surface area (Å²) in [6, 6.07) is 10.4. The highest BCUT2D eigenvalue weighted by molar-refractivity contribution is 5.85. The van der Waals surface area contributed by atoms with Crippen molar-refractivity contribution in [2.75, 3.05) is 13.7 Å². The lowest BCUT2D eigenvalue weighted by Crippen LogP contribution is -2.33. The zero-order valence-electron chi connectivity index (χ0n) is 12.7. The van der Waals surface area contributed by atoms with Gasteiger partial charge in [-0.3, -0.25) is 0 Å². The lowest BCUT2D eigenvalue weighted by atomic mass is 10.1. The minimum Gasteiger partial charge on any atom is -0.490 e. The highest BCUT2D eigenvalue weighted by Gasteiger charge is 2.41. The molecular formula is C17H17ClFN3O. The average molecular weight is 334 g/mol. The second kappa shape index (κ2) is 6.95. The minimum absolute atomic E-state index is 0. The van der Waals surface area contributed by atoms with Gasteiger partial charge in [-0.05, 0) is 43.7 Å². The summed E-state index contributed by atoms with van der Waals surface area (Å²) in [6.07, 6.45) is 3.56. The van der Waals surface area contributed by atoms with Crippen molar-refractivity contribution in [3.05, 3.63) is 48.0 Å². The maximum atomic E-state index is 13.9. The molecular weight excluding hydrogens is 317 g/mol. The van der Waals surface area contributed by atoms with Gasteiger partial charge >= 0.3 is 0 Å². The number of nitriles is 1. The zero-order valence-corrected chi connectivity index (χ0v) is 13.5. The van der Waals surface area contributed by atoms with E-state index in [2.05, 4.69) is 10.3 Å². The van der Waals surface area contributed by atoms with Crippen molar-refractivity contribution < 1.29 is 9.13 Å². The summed E-state index contributed by atoms with van der Waals surface area (Å²) in [5.74, 6) is -0.00547. The van der Waals surface area contributed by atoms with Crippen molar-refractivity contribution in [1.29, 1.82) is 5.26 Å². The summed E-state index contributed by atoms with van der Waals surface area (Å²) in [5.41, 5.74) is 1.64. The van der Waals surface area contributed by atoms with Crippen LogP contribution in [0.25, 0.3) is 11.1 Å². The number of pyridine rings is 1. The van der Waals surface area contributed by atoms with Crippen LogP contribution in [0.4, 0.5) is 4.39 Å². The van der Waals surface area contributed by atoms with Crippen molar-refractivity contribution in [3.8, 4) is 22.9 Å². The molecule has 0 atom stereocenters. The van der Waals surface area contributed by atoms with Crippen LogP contribution in [0.5, 0.6) is 5.75 Å². The van der Waals surface area contributed by atoms with Crippen molar-refractivity contribution in [2.24, 2.45) is 0 Å². The minimum atomic E-state index is -0.549. The lowest BCUT2D eigenvalue weighted by molar-refractivity contribution is 0.258. The maximum Gasteiger partial charge on any atom is 0.220 e. The van der Waals surface area contributed by atoms with E-state index in [-0.39, 0.29) is 17.9 Å². The molecule has 0 bridgehead atoms. The summed E-state index contributed by atoms with van der Waals surface area (Å²) in [7, 11) is 1.92. The highest BCUT2D eigenvalue weighted by atomic mass is 35.5. The van der Waals surface area contributed by atoms with Gasteiger partial charge in [0.25, 0.3) is 0 Å². The number of ether oxygens (including phenoxy) is 1. The Morgan fingerprint density at radius 2 is 2.04 bits per heavy atom. The van der Waals surface area contributed by atoms with E-state index < -0.39 is 5.95 Å². The van der Waals surface area contributed by atoms with E-state index in [4.69, 9.17) is 10.00 Å². The van der Waals surface area contributed by atoms with Crippen LogP contribution in [0.2, 0.25) is 0 Å². The molecule has 6 heteroatoms. The first kappa shape index (κ1) is 17.2. The smallest absolute Gasteiger partial charge is 0.220 e. The Morgan fingerprint density at radius 1 is 1.35 bits per heavy atom. The van der Waals surface area contributed by atoms with Gasteiger partial charge in [-0.2, -0.15) is 9.65 Å². The number of benzene rings is 1. The predicted molar refractivity (Wildman–Crippen MR) is 88.1 cm³/mol. The molecule has 23 heavy (non-hydrogen) atoms. The monoisotopic (exact) mass is 333 g/mol. The van der Waals surface area contributed by atoms with Gasteiger partial charge in [0.1, 0.15) is 12.4 Å². The van der Waals surface area contributed by atoms with Crippen LogP contribution in [0.3, 0.4) is 0 Å². The number of likely N-dealkylation sites (N-methyl/N-ethyl adjacent to an activating group) is 1. The van der Waals surface area contributed by atoms with E-state index in [1.165, 1.54) is 6.20 Å². The fraction of sp³-hybridized carbons (Fsp3) is 0.294. The molecule has 1 saturated carbocycles. The first-order valence-electron chi connectivity index (χ1n) is 7.14. The Morgan fingerprint density at radius 3 is 2.61 bits per heavy atom. The van der Waals surface area contributed by atoms with Gasteiger partial charge in [-0.25, -0.2) is 4.98 Å². The van der Waals surface area contributed by atoms with Crippen LogP contribution in [-0.2, 0) is 0 Å². The van der Waals surface area contributed by atoms with Gasteiger partial charge in [-0.15, -0.1) is 12.4 Å². The van der Waals surface area contributed by atoms with E-state index in [1.807, 2.05) is 13.1 Å². The molecule has 0 spiro atoms. The lowest BCUT2D eigenvalue weighted by Gasteiger charge is -2.15. The second-order valence-corrected chi connectivity index (χ2v) is 5.52. The van der Waals surface area contributed by atoms with Gasteiger partial charge < -0.3 is 10.1 Å². The number of aromatic nitrogens is 1. The SMILES string of the molecule is CNC1(COc2cnc(F)c(-c3ccc(C#N)cc3)c2)CC1.Cl. The molecule has 1 aromatic heterocycles. The quantitative estimate of drug-likeness (QED) is 0.853. The third kappa shape index (κ3) is 3.79. The standard InChI is InChI=1S/C17H16FN3O.ClH/c1-20-17(6-7-17)11-22-14-8-15(16(18)21-10-14)13-4-2-12(9-19)3-5-13;/h2-5,8,10,20H,6-7,11H2,1H3;1H. The Hall–Kier alpha value is -2.16. The molecule has 1 N–H and O–H groups in total. The van der Waals surface area contributed by atoms with Crippen LogP contribution >= 0.6 is 12.4 Å². The van der Waals surface area contributed by atoms with Crippen molar-refractivity contribution in [2.45, 2.75) is 18.4 Å². The molecule has 120 valence electrons. The number of rotatable bonds is 5. The molecule has 0 amide bonds. The first-order valence-corrected chi connectivity index (χ1v) is 7.14. The fourth-order valence-electron chi connectivity index (χ4n) is 2.27. The molecule has 3 rings (SSSR count). The molecule has 0 unspecified atom stereocenters. The van der Waals surface area contributed by atoms with Crippen LogP contribution in [0.1, 0.15) is 18.4 Å². The van der Waals surface area contributed by atoms with Crippen LogP contribution in [0, 0.1) is 17.3 Å². The number of nitrogens with one attached hydrogen (secondary N) is 1. The molecule has 4 nitrogen and oxygen atoms in total. The maximum absolute atomic E-state index is 13.9. The fourth-order valence-corrected chi connectivity index (χ4v) is 2.27. The van der Waals surface area contributed by atoms with E-state index in [0.717, 1.165) is 12.8 Å². The van der Waals surface area contributed by atoms with Gasteiger partial charge in [0.2, 0.25) is 5.95 Å². The van der Waals surface area contributed by atoms with E-state index in [1.54, 1.807) is 30.3 Å². The first-order chi connectivity index (χ1) is 10.7. The molecule has 1 fully saturated rings. The summed E-state index contributed by atoms with van der Waals surface area (Å²) >= 11 is 0. The van der Waals surface area contributed by atoms with Gasteiger partial charge in [-0.1, -0.05) is 12.1 Å². The number of nitrogens with zero attached hydrogens (tertiary/aromatic N) is 2. The summed E-state index contributed by atoms with van der Waals surface area (Å²) in [4.78, 5) is 3.77. The van der Waals surface area contributed by atoms with Crippen LogP contribution < -0.4 is 10.1 Å². The van der Waals surface area contributed by atoms with E-state index >= 15 is 0 Å². The largest absolute Gasteiger partial charge is 0.490 e. The third-order valence-corrected chi connectivity index (χ3v) is 4.04. The zero-order chi connectivity index (χ0) is 15.6. The average Bonchev–Trinajstić information content (AvgIpc) is 3.35. The Labute approximate surface area is 140 Å². The molecule has 1 aliphatic carbocycles. The number of halogens is 2. The van der Waals surface area contributed by atoms with E-state index in [0.29, 0.717) is 29.0 Å². The Bertz CT molecular complexity index is 724. The molecule has 1 aliphatic rings. The normalized spacial score (nSPS) is 14.5. The molecule has 2 aromatic rings. The van der Waals surface area contributed by atoms with Gasteiger partial charge in [0.15, 0.2) is 0 Å². The summed E-state index contributed by atoms with van der Waals surface area (Å²) < 4.78 is 19.7. The number of hydrogen-bond donors (Lipinski definition) is 1. The van der Waals surface area contributed by atoms with Gasteiger partial charge in [0.05, 0.1) is 23.4 Å². The van der Waals surface area contributed by atoms with E-state index in [9.17, 15) is 4.39 Å². The number of hydrogen-bond acceptors (Lipinski definition) is 4. The predicted octanol–water partition coefficient (Wildman–Crippen LogP) is 3.31. The topological polar surface area (TPSA) is 57.9 Å².